The lowest BCUT2D eigenvalue weighted by Crippen LogP contribution is -2.18. The first-order chi connectivity index (χ1) is 12.3. The predicted octanol–water partition coefficient (Wildman–Crippen LogP) is 2.20. The number of hydrogen-bond donors (Lipinski definition) is 5. The van der Waals surface area contributed by atoms with Crippen LogP contribution in [-0.2, 0) is 9.59 Å². The molecule has 26 heavy (non-hydrogen) atoms. The Morgan fingerprint density at radius 1 is 0.962 bits per heavy atom. The van der Waals surface area contributed by atoms with E-state index in [2.05, 4.69) is 0 Å². The zero-order valence-electron chi connectivity index (χ0n) is 13.2. The van der Waals surface area contributed by atoms with E-state index in [4.69, 9.17) is 9.84 Å². The number of carboxylic acid groups (broad SMARTS) is 2. The second kappa shape index (κ2) is 6.32. The van der Waals surface area contributed by atoms with Crippen LogP contribution < -0.4 is 4.74 Å². The highest BCUT2D eigenvalue weighted by atomic mass is 16.5. The molecule has 0 aromatic heterocycles. The molecule has 2 aromatic rings. The minimum atomic E-state index is -1.26. The van der Waals surface area contributed by atoms with E-state index in [9.17, 15) is 30.0 Å². The molecule has 1 aliphatic heterocycles. The molecule has 0 aliphatic carbocycles. The molecule has 8 nitrogen and oxygen atoms in total. The lowest BCUT2D eigenvalue weighted by Gasteiger charge is -2.17. The second-order valence-corrected chi connectivity index (χ2v) is 5.69. The smallest absolute Gasteiger partial charge is 0.328 e. The molecule has 2 atom stereocenters. The summed E-state index contributed by atoms with van der Waals surface area (Å²) >= 11 is 0. The van der Waals surface area contributed by atoms with Crippen molar-refractivity contribution in [2.24, 2.45) is 0 Å². The van der Waals surface area contributed by atoms with E-state index in [0.29, 0.717) is 0 Å². The van der Waals surface area contributed by atoms with Crippen molar-refractivity contribution in [3.05, 3.63) is 53.1 Å². The Bertz CT molecular complexity index is 931. The van der Waals surface area contributed by atoms with Crippen LogP contribution in [0.15, 0.2) is 36.4 Å². The number of phenols is 3. The number of fused-ring (bicyclic) bond motifs is 1. The Balaban J connectivity index is 2.15. The van der Waals surface area contributed by atoms with Gasteiger partial charge in [-0.15, -0.1) is 0 Å². The highest BCUT2D eigenvalue weighted by Gasteiger charge is 2.43. The molecule has 1 heterocycles. The van der Waals surface area contributed by atoms with Gasteiger partial charge in [0.1, 0.15) is 12.0 Å². The van der Waals surface area contributed by atoms with Crippen LogP contribution >= 0.6 is 0 Å². The molecular formula is C18H14O8. The van der Waals surface area contributed by atoms with Crippen molar-refractivity contribution in [1.82, 2.24) is 0 Å². The third-order valence-corrected chi connectivity index (χ3v) is 4.07. The maximum atomic E-state index is 11.9. The molecule has 0 radical (unpaired) electrons. The maximum Gasteiger partial charge on any atom is 0.328 e. The van der Waals surface area contributed by atoms with Gasteiger partial charge in [0.05, 0.1) is 0 Å². The van der Waals surface area contributed by atoms with E-state index in [1.54, 1.807) is 0 Å². The van der Waals surface area contributed by atoms with Crippen LogP contribution in [0.1, 0.15) is 28.7 Å². The standard InChI is InChI=1S/C18H14O8/c19-10-4-2-9(7-12(10)21)16-15(18(24)25)14-8(3-6-13(22)23)1-5-11(20)17(14)26-16/h1-7,15-16,19-21H,(H,22,23)(H,24,25). The number of phenolic OH excluding ortho intramolecular Hbond substituents is 3. The van der Waals surface area contributed by atoms with Gasteiger partial charge in [-0.05, 0) is 35.4 Å². The highest BCUT2D eigenvalue weighted by molar-refractivity contribution is 5.88. The van der Waals surface area contributed by atoms with Gasteiger partial charge in [-0.1, -0.05) is 12.1 Å². The molecule has 1 aliphatic rings. The third kappa shape index (κ3) is 2.88. The van der Waals surface area contributed by atoms with Crippen molar-refractivity contribution >= 4 is 18.0 Å². The molecule has 5 N–H and O–H groups in total. The molecule has 0 bridgehead atoms. The van der Waals surface area contributed by atoms with Crippen molar-refractivity contribution in [2.45, 2.75) is 12.0 Å². The number of carboxylic acids is 2. The van der Waals surface area contributed by atoms with Crippen molar-refractivity contribution in [1.29, 1.82) is 0 Å². The lowest BCUT2D eigenvalue weighted by molar-refractivity contribution is -0.140. The summed E-state index contributed by atoms with van der Waals surface area (Å²) in [4.78, 5) is 22.7. The second-order valence-electron chi connectivity index (χ2n) is 5.69. The maximum absolute atomic E-state index is 11.9. The number of aromatic hydroxyl groups is 3. The first-order valence-electron chi connectivity index (χ1n) is 7.47. The normalized spacial score (nSPS) is 18.5. The molecular weight excluding hydrogens is 344 g/mol. The number of benzene rings is 2. The minimum Gasteiger partial charge on any atom is -0.504 e. The zero-order chi connectivity index (χ0) is 19.0. The van der Waals surface area contributed by atoms with Crippen molar-refractivity contribution in [3.63, 3.8) is 0 Å². The Morgan fingerprint density at radius 3 is 2.27 bits per heavy atom. The van der Waals surface area contributed by atoms with Gasteiger partial charge in [0.2, 0.25) is 0 Å². The quantitative estimate of drug-likeness (QED) is 0.413. The van der Waals surface area contributed by atoms with Gasteiger partial charge in [0.15, 0.2) is 23.0 Å². The summed E-state index contributed by atoms with van der Waals surface area (Å²) in [5.74, 6) is -4.89. The van der Waals surface area contributed by atoms with E-state index < -0.39 is 29.7 Å². The number of carbonyl (C=O) groups is 2. The molecule has 0 amide bonds. The van der Waals surface area contributed by atoms with Gasteiger partial charge in [0.25, 0.3) is 0 Å². The Hall–Kier alpha value is -3.68. The van der Waals surface area contributed by atoms with Crippen LogP contribution in [0.25, 0.3) is 6.08 Å². The number of ether oxygens (including phenoxy) is 1. The van der Waals surface area contributed by atoms with Gasteiger partial charge in [0, 0.05) is 11.6 Å². The molecule has 0 spiro atoms. The fourth-order valence-electron chi connectivity index (χ4n) is 2.93. The van der Waals surface area contributed by atoms with Crippen LogP contribution in [0.5, 0.6) is 23.0 Å². The minimum absolute atomic E-state index is 0.0671. The monoisotopic (exact) mass is 358 g/mol. The molecule has 3 rings (SSSR count). The summed E-state index contributed by atoms with van der Waals surface area (Å²) in [6.45, 7) is 0. The van der Waals surface area contributed by atoms with Crippen LogP contribution in [-0.4, -0.2) is 37.5 Å². The number of aliphatic carboxylic acids is 2. The highest BCUT2D eigenvalue weighted by Crippen LogP contribution is 2.52. The van der Waals surface area contributed by atoms with Crippen LogP contribution in [0.2, 0.25) is 0 Å². The number of rotatable bonds is 4. The van der Waals surface area contributed by atoms with E-state index in [-0.39, 0.29) is 33.9 Å². The average Bonchev–Trinajstić information content (AvgIpc) is 2.98. The van der Waals surface area contributed by atoms with Crippen LogP contribution in [0, 0.1) is 0 Å². The van der Waals surface area contributed by atoms with E-state index >= 15 is 0 Å². The summed E-state index contributed by atoms with van der Waals surface area (Å²) < 4.78 is 5.64. The molecule has 134 valence electrons. The van der Waals surface area contributed by atoms with E-state index in [0.717, 1.165) is 6.08 Å². The van der Waals surface area contributed by atoms with E-state index in [1.165, 1.54) is 36.4 Å². The van der Waals surface area contributed by atoms with Crippen molar-refractivity contribution in [2.75, 3.05) is 0 Å². The van der Waals surface area contributed by atoms with Gasteiger partial charge >= 0.3 is 11.9 Å². The topological polar surface area (TPSA) is 145 Å². The summed E-state index contributed by atoms with van der Waals surface area (Å²) in [5, 5.41) is 47.7. The SMILES string of the molecule is O=C(O)C=Cc1ccc(O)c2c1C(C(=O)O)C(c1ccc(O)c(O)c1)O2. The van der Waals surface area contributed by atoms with Gasteiger partial charge in [-0.3, -0.25) is 4.79 Å². The van der Waals surface area contributed by atoms with Gasteiger partial charge < -0.3 is 30.3 Å². The molecule has 2 unspecified atom stereocenters. The fraction of sp³-hybridized carbons (Fsp3) is 0.111. The molecule has 0 saturated heterocycles. The van der Waals surface area contributed by atoms with Gasteiger partial charge in [-0.2, -0.15) is 0 Å². The summed E-state index contributed by atoms with van der Waals surface area (Å²) in [5.41, 5.74) is 0.683. The Morgan fingerprint density at radius 2 is 1.65 bits per heavy atom. The summed E-state index contributed by atoms with van der Waals surface area (Å²) in [7, 11) is 0. The fourth-order valence-corrected chi connectivity index (χ4v) is 2.93. The molecule has 8 heteroatoms. The Kier molecular flexibility index (Phi) is 4.17. The van der Waals surface area contributed by atoms with Crippen molar-refractivity contribution < 1.29 is 39.9 Å². The molecule has 0 fully saturated rings. The summed E-state index contributed by atoms with van der Waals surface area (Å²) in [6.07, 6.45) is 0.987. The molecule has 2 aromatic carbocycles. The van der Waals surface area contributed by atoms with Crippen LogP contribution in [0.4, 0.5) is 0 Å². The predicted molar refractivity (Wildman–Crippen MR) is 88.3 cm³/mol. The molecule has 0 saturated carbocycles. The van der Waals surface area contributed by atoms with Crippen LogP contribution in [0.3, 0.4) is 0 Å². The lowest BCUT2D eigenvalue weighted by atomic mass is 9.88. The first kappa shape index (κ1) is 17.2. The zero-order valence-corrected chi connectivity index (χ0v) is 13.2. The van der Waals surface area contributed by atoms with E-state index in [1.807, 2.05) is 0 Å². The summed E-state index contributed by atoms with van der Waals surface area (Å²) in [6, 6.07) is 6.43. The largest absolute Gasteiger partial charge is 0.504 e. The third-order valence-electron chi connectivity index (χ3n) is 4.07. The number of hydrogen-bond acceptors (Lipinski definition) is 6. The van der Waals surface area contributed by atoms with Gasteiger partial charge in [-0.25, -0.2) is 4.79 Å². The Labute approximate surface area is 146 Å². The average molecular weight is 358 g/mol. The van der Waals surface area contributed by atoms with Crippen molar-refractivity contribution in [3.8, 4) is 23.0 Å². The first-order valence-corrected chi connectivity index (χ1v) is 7.47.